The summed E-state index contributed by atoms with van der Waals surface area (Å²) in [4.78, 5) is 4.87. The first-order valence-electron chi connectivity index (χ1n) is 9.98. The summed E-state index contributed by atoms with van der Waals surface area (Å²) in [7, 11) is -3.45. The smallest absolute Gasteiger partial charge is 0.251 e. The Hall–Kier alpha value is -3.55. The summed E-state index contributed by atoms with van der Waals surface area (Å²) in [6, 6.07) is 23.4. The number of aliphatic hydroxyl groups is 2. The molecular formula is C25H28ClN3O6S3. The lowest BCUT2D eigenvalue weighted by molar-refractivity contribution is 0.559. The quantitative estimate of drug-likeness (QED) is 0.230. The summed E-state index contributed by atoms with van der Waals surface area (Å²) in [5.74, 6) is 0.912. The highest BCUT2D eigenvalue weighted by molar-refractivity contribution is 7.90. The first-order valence-corrected chi connectivity index (χ1v) is 13.1. The van der Waals surface area contributed by atoms with Crippen molar-refractivity contribution in [3.63, 3.8) is 0 Å². The van der Waals surface area contributed by atoms with E-state index < -0.39 is 20.2 Å². The maximum absolute atomic E-state index is 12.3. The average molecular weight is 598 g/mol. The van der Waals surface area contributed by atoms with Crippen LogP contribution in [0.25, 0.3) is 34.0 Å². The Bertz CT molecular complexity index is 1420. The lowest BCUT2D eigenvalue weighted by Gasteiger charge is -2.07. The van der Waals surface area contributed by atoms with E-state index in [0.29, 0.717) is 27.9 Å². The van der Waals surface area contributed by atoms with Crippen LogP contribution in [0.5, 0.6) is 0 Å². The molecule has 4 rings (SSSR count). The SMILES string of the molecule is C.CS(=O)(=O)c1ccccc1-c1nc(-c2ccccc2)oc1-c1ccc(Cl)cc1.NC(O)=S.NC(O)=S.O. The standard InChI is InChI=1S/C22H16ClNO3S.2CH3NOS.CH4.H2O/c1-28(25,26)19-10-6-5-9-18(19)20-21(15-11-13-17(23)14-12-15)27-22(24-20)16-7-3-2-4-8-16;2*2-1(3)4;;/h2-14H,1H3;2*(H3,2,3,4);1H4;1H2. The van der Waals surface area contributed by atoms with Crippen molar-refractivity contribution in [1.82, 2.24) is 4.98 Å². The zero-order valence-electron chi connectivity index (χ0n) is 19.3. The van der Waals surface area contributed by atoms with Crippen LogP contribution in [0.4, 0.5) is 0 Å². The van der Waals surface area contributed by atoms with E-state index in [0.717, 1.165) is 11.1 Å². The Morgan fingerprint density at radius 3 is 1.84 bits per heavy atom. The number of nitrogens with two attached hydrogens (primary N) is 2. The van der Waals surface area contributed by atoms with Gasteiger partial charge in [-0.05, 0) is 66.9 Å². The molecule has 9 nitrogen and oxygen atoms in total. The number of hydrogen-bond donors (Lipinski definition) is 4. The van der Waals surface area contributed by atoms with Gasteiger partial charge in [-0.25, -0.2) is 13.4 Å². The van der Waals surface area contributed by atoms with Gasteiger partial charge in [-0.15, -0.1) is 0 Å². The van der Waals surface area contributed by atoms with Gasteiger partial charge < -0.3 is 31.6 Å². The van der Waals surface area contributed by atoms with E-state index in [1.807, 2.05) is 42.5 Å². The summed E-state index contributed by atoms with van der Waals surface area (Å²) in [6.07, 6.45) is 1.19. The molecule has 204 valence electrons. The van der Waals surface area contributed by atoms with Gasteiger partial charge in [0.25, 0.3) is 10.3 Å². The van der Waals surface area contributed by atoms with E-state index in [-0.39, 0.29) is 17.8 Å². The van der Waals surface area contributed by atoms with Gasteiger partial charge in [0.05, 0.1) is 4.90 Å². The number of thiocarbonyl (C=S) groups is 2. The van der Waals surface area contributed by atoms with E-state index >= 15 is 0 Å². The van der Waals surface area contributed by atoms with Crippen LogP contribution in [0, 0.1) is 0 Å². The maximum atomic E-state index is 12.3. The molecule has 0 aliphatic rings. The number of halogens is 1. The molecule has 0 aliphatic heterocycles. The molecule has 1 heterocycles. The summed E-state index contributed by atoms with van der Waals surface area (Å²) in [6.45, 7) is 0. The minimum absolute atomic E-state index is 0. The number of rotatable bonds is 4. The summed E-state index contributed by atoms with van der Waals surface area (Å²) in [5.41, 5.74) is 11.3. The van der Waals surface area contributed by atoms with Crippen LogP contribution in [0.1, 0.15) is 7.43 Å². The van der Waals surface area contributed by atoms with Crippen molar-refractivity contribution < 1.29 is 28.5 Å². The maximum Gasteiger partial charge on any atom is 0.251 e. The molecule has 3 aromatic carbocycles. The largest absolute Gasteiger partial charge is 0.487 e. The number of benzene rings is 3. The highest BCUT2D eigenvalue weighted by atomic mass is 35.5. The number of oxazole rings is 1. The number of aromatic nitrogens is 1. The Kier molecular flexibility index (Phi) is 14.2. The van der Waals surface area contributed by atoms with Crippen molar-refractivity contribution in [2.24, 2.45) is 11.5 Å². The molecule has 0 fully saturated rings. The van der Waals surface area contributed by atoms with Gasteiger partial charge in [0, 0.05) is 28.0 Å². The highest BCUT2D eigenvalue weighted by Crippen LogP contribution is 2.38. The van der Waals surface area contributed by atoms with Crippen LogP contribution in [-0.2, 0) is 9.84 Å². The third kappa shape index (κ3) is 10.4. The average Bonchev–Trinajstić information content (AvgIpc) is 3.24. The Morgan fingerprint density at radius 1 is 0.868 bits per heavy atom. The van der Waals surface area contributed by atoms with Crippen molar-refractivity contribution in [2.75, 3.05) is 6.26 Å². The van der Waals surface area contributed by atoms with Crippen molar-refractivity contribution >= 4 is 56.2 Å². The molecule has 1 aromatic heterocycles. The predicted octanol–water partition coefficient (Wildman–Crippen LogP) is 5.12. The minimum Gasteiger partial charge on any atom is -0.487 e. The zero-order chi connectivity index (χ0) is 26.9. The molecule has 0 bridgehead atoms. The van der Waals surface area contributed by atoms with E-state index in [2.05, 4.69) is 40.9 Å². The van der Waals surface area contributed by atoms with Gasteiger partial charge in [0.15, 0.2) is 15.6 Å². The normalized spacial score (nSPS) is 9.74. The molecule has 13 heteroatoms. The minimum atomic E-state index is -3.45. The third-order valence-corrected chi connectivity index (χ3v) is 5.70. The molecule has 8 N–H and O–H groups in total. The van der Waals surface area contributed by atoms with Crippen LogP contribution in [0.3, 0.4) is 0 Å². The highest BCUT2D eigenvalue weighted by Gasteiger charge is 2.23. The van der Waals surface area contributed by atoms with Crippen LogP contribution < -0.4 is 11.5 Å². The molecular weight excluding hydrogens is 570 g/mol. The first kappa shape index (κ1) is 34.5. The Labute approximate surface area is 236 Å². The molecule has 0 spiro atoms. The molecule has 0 saturated carbocycles. The number of aliphatic hydroxyl groups excluding tert-OH is 2. The summed E-state index contributed by atoms with van der Waals surface area (Å²) in [5, 5.41) is 14.7. The predicted molar refractivity (Wildman–Crippen MR) is 160 cm³/mol. The van der Waals surface area contributed by atoms with Crippen molar-refractivity contribution in [3.8, 4) is 34.0 Å². The molecule has 0 atom stereocenters. The fraction of sp³-hybridized carbons (Fsp3) is 0.0800. The van der Waals surface area contributed by atoms with Crippen molar-refractivity contribution in [3.05, 3.63) is 83.9 Å². The first-order chi connectivity index (χ1) is 16.9. The van der Waals surface area contributed by atoms with Gasteiger partial charge in [-0.3, -0.25) is 0 Å². The zero-order valence-corrected chi connectivity index (χ0v) is 22.5. The van der Waals surface area contributed by atoms with Crippen LogP contribution in [0.2, 0.25) is 5.02 Å². The van der Waals surface area contributed by atoms with Crippen LogP contribution >= 0.6 is 36.0 Å². The lowest BCUT2D eigenvalue weighted by Crippen LogP contribution is -2.03. The van der Waals surface area contributed by atoms with Crippen LogP contribution in [0.15, 0.2) is 88.2 Å². The second-order valence-corrected chi connectivity index (χ2v) is 10.3. The summed E-state index contributed by atoms with van der Waals surface area (Å²) < 4.78 is 30.7. The molecule has 38 heavy (non-hydrogen) atoms. The fourth-order valence-electron chi connectivity index (χ4n) is 2.99. The lowest BCUT2D eigenvalue weighted by atomic mass is 10.1. The molecule has 4 aromatic rings. The molecule has 0 amide bonds. The summed E-state index contributed by atoms with van der Waals surface area (Å²) >= 11 is 13.8. The van der Waals surface area contributed by atoms with Crippen molar-refractivity contribution in [1.29, 1.82) is 0 Å². The van der Waals surface area contributed by atoms with E-state index in [1.54, 1.807) is 36.4 Å². The number of sulfone groups is 1. The molecule has 0 radical (unpaired) electrons. The van der Waals surface area contributed by atoms with Crippen molar-refractivity contribution in [2.45, 2.75) is 12.3 Å². The topological polar surface area (TPSA) is 184 Å². The van der Waals surface area contributed by atoms with Crippen LogP contribution in [-0.4, -0.2) is 45.7 Å². The van der Waals surface area contributed by atoms with Gasteiger partial charge >= 0.3 is 0 Å². The van der Waals surface area contributed by atoms with E-state index in [1.165, 1.54) is 6.26 Å². The fourth-order valence-corrected chi connectivity index (χ4v) is 4.01. The monoisotopic (exact) mass is 597 g/mol. The van der Waals surface area contributed by atoms with Gasteiger partial charge in [0.2, 0.25) is 5.89 Å². The third-order valence-electron chi connectivity index (χ3n) is 4.30. The van der Waals surface area contributed by atoms with Gasteiger partial charge in [0.1, 0.15) is 5.69 Å². The molecule has 0 unspecified atom stereocenters. The number of hydrogen-bond acceptors (Lipinski definition) is 6. The second-order valence-electron chi connectivity index (χ2n) is 7.01. The Morgan fingerprint density at radius 2 is 1.34 bits per heavy atom. The van der Waals surface area contributed by atoms with E-state index in [4.69, 9.17) is 26.2 Å². The number of nitrogens with zero attached hydrogens (tertiary/aromatic N) is 1. The van der Waals surface area contributed by atoms with E-state index in [9.17, 15) is 8.42 Å². The van der Waals surface area contributed by atoms with Gasteiger partial charge in [-0.1, -0.05) is 55.4 Å². The molecule has 0 saturated heterocycles. The molecule has 0 aliphatic carbocycles. The Balaban J connectivity index is 0.00000121. The second kappa shape index (κ2) is 15.6. The van der Waals surface area contributed by atoms with Gasteiger partial charge in [-0.2, -0.15) is 0 Å².